The average Bonchev–Trinajstić information content (AvgIpc) is 2.72. The lowest BCUT2D eigenvalue weighted by molar-refractivity contribution is 0.324. The third-order valence-corrected chi connectivity index (χ3v) is 4.37. The summed E-state index contributed by atoms with van der Waals surface area (Å²) < 4.78 is 32.3. The van der Waals surface area contributed by atoms with Crippen molar-refractivity contribution in [2.75, 3.05) is 35.5 Å². The van der Waals surface area contributed by atoms with Gasteiger partial charge in [0, 0.05) is 11.6 Å². The van der Waals surface area contributed by atoms with Crippen molar-refractivity contribution in [2.24, 2.45) is 0 Å². The number of rotatable bonds is 6. The maximum absolute atomic E-state index is 13.0. The van der Waals surface area contributed by atoms with E-state index in [0.717, 1.165) is 6.07 Å². The van der Waals surface area contributed by atoms with Crippen LogP contribution >= 0.6 is 0 Å². The molecule has 29 heavy (non-hydrogen) atoms. The number of phenolic OH excluding ortho intramolecular Hbond substituents is 2. The maximum Gasteiger partial charge on any atom is 0.239 e. The highest BCUT2D eigenvalue weighted by Gasteiger charge is 2.25. The quantitative estimate of drug-likeness (QED) is 0.639. The molecule has 2 aromatic carbocycles. The first-order valence-electron chi connectivity index (χ1n) is 8.35. The molecule has 0 fully saturated rings. The first kappa shape index (κ1) is 20.0. The van der Waals surface area contributed by atoms with Crippen molar-refractivity contribution >= 4 is 11.0 Å². The molecule has 154 valence electrons. The van der Waals surface area contributed by atoms with Crippen LogP contribution in [0.3, 0.4) is 0 Å². The molecular formula is C20H20O9. The van der Waals surface area contributed by atoms with Gasteiger partial charge in [0.2, 0.25) is 22.7 Å². The summed E-state index contributed by atoms with van der Waals surface area (Å²) in [6, 6.07) is 4.14. The Balaban J connectivity index is 2.46. The molecule has 0 radical (unpaired) electrons. The lowest BCUT2D eigenvalue weighted by Crippen LogP contribution is -2.08. The van der Waals surface area contributed by atoms with Crippen LogP contribution in [0.4, 0.5) is 0 Å². The molecular weight excluding hydrogens is 384 g/mol. The standard InChI is InChI=1S/C20H20O9/c1-24-12-6-9(7-13(25-2)18(12)27-4)16-20(28-5)15(23)14-10(21)8-11(22)17(26-3)19(14)29-16/h6-8,21-22H,1-5H3. The highest BCUT2D eigenvalue weighted by molar-refractivity contribution is 5.93. The van der Waals surface area contributed by atoms with Gasteiger partial charge >= 0.3 is 0 Å². The number of hydrogen-bond donors (Lipinski definition) is 2. The van der Waals surface area contributed by atoms with E-state index >= 15 is 0 Å². The van der Waals surface area contributed by atoms with E-state index in [9.17, 15) is 15.0 Å². The van der Waals surface area contributed by atoms with Crippen molar-refractivity contribution in [3.8, 4) is 51.6 Å². The van der Waals surface area contributed by atoms with Crippen LogP contribution in [0, 0.1) is 0 Å². The van der Waals surface area contributed by atoms with Gasteiger partial charge in [-0.1, -0.05) is 0 Å². The van der Waals surface area contributed by atoms with Crippen LogP contribution in [0.1, 0.15) is 0 Å². The number of ether oxygens (including phenoxy) is 5. The Labute approximate surface area is 165 Å². The molecule has 0 bridgehead atoms. The topological polar surface area (TPSA) is 117 Å². The van der Waals surface area contributed by atoms with E-state index in [1.54, 1.807) is 12.1 Å². The number of phenols is 2. The molecule has 0 unspecified atom stereocenters. The van der Waals surface area contributed by atoms with Gasteiger partial charge in [0.1, 0.15) is 11.1 Å². The molecule has 0 aliphatic carbocycles. The number of hydrogen-bond acceptors (Lipinski definition) is 9. The van der Waals surface area contributed by atoms with Gasteiger partial charge in [-0.05, 0) is 12.1 Å². The van der Waals surface area contributed by atoms with E-state index in [1.165, 1.54) is 35.5 Å². The lowest BCUT2D eigenvalue weighted by atomic mass is 10.1. The predicted octanol–water partition coefficient (Wildman–Crippen LogP) is 2.91. The van der Waals surface area contributed by atoms with Gasteiger partial charge in [0.05, 0.1) is 35.5 Å². The summed E-state index contributed by atoms with van der Waals surface area (Å²) in [6.07, 6.45) is 0. The van der Waals surface area contributed by atoms with Gasteiger partial charge in [-0.15, -0.1) is 0 Å². The third kappa shape index (κ3) is 3.10. The van der Waals surface area contributed by atoms with Crippen LogP contribution in [-0.4, -0.2) is 45.8 Å². The molecule has 9 nitrogen and oxygen atoms in total. The largest absolute Gasteiger partial charge is 0.507 e. The minimum atomic E-state index is -0.645. The molecule has 0 saturated heterocycles. The fourth-order valence-corrected chi connectivity index (χ4v) is 3.08. The van der Waals surface area contributed by atoms with E-state index in [-0.39, 0.29) is 34.0 Å². The second-order valence-corrected chi connectivity index (χ2v) is 5.86. The van der Waals surface area contributed by atoms with Crippen molar-refractivity contribution < 1.29 is 38.3 Å². The SMILES string of the molecule is COc1cc(-c2oc3c(OC)c(O)cc(O)c3c(=O)c2OC)cc(OC)c1OC. The molecule has 0 aliphatic heterocycles. The summed E-state index contributed by atoms with van der Waals surface area (Å²) >= 11 is 0. The fourth-order valence-electron chi connectivity index (χ4n) is 3.08. The van der Waals surface area contributed by atoms with E-state index in [2.05, 4.69) is 0 Å². The molecule has 2 N–H and O–H groups in total. The Morgan fingerprint density at radius 3 is 1.76 bits per heavy atom. The van der Waals surface area contributed by atoms with Crippen LogP contribution in [0.15, 0.2) is 27.4 Å². The summed E-state index contributed by atoms with van der Waals surface area (Å²) in [6.45, 7) is 0. The van der Waals surface area contributed by atoms with Crippen LogP contribution in [-0.2, 0) is 0 Å². The van der Waals surface area contributed by atoms with Gasteiger partial charge in [-0.2, -0.15) is 0 Å². The Hall–Kier alpha value is -3.75. The molecule has 0 saturated carbocycles. The normalized spacial score (nSPS) is 10.7. The van der Waals surface area contributed by atoms with E-state index in [4.69, 9.17) is 28.1 Å². The van der Waals surface area contributed by atoms with Gasteiger partial charge in [-0.3, -0.25) is 4.79 Å². The van der Waals surface area contributed by atoms with E-state index in [1.807, 2.05) is 0 Å². The van der Waals surface area contributed by atoms with Gasteiger partial charge < -0.3 is 38.3 Å². The molecule has 0 atom stereocenters. The predicted molar refractivity (Wildman–Crippen MR) is 104 cm³/mol. The molecule has 0 aliphatic rings. The molecule has 3 rings (SSSR count). The zero-order chi connectivity index (χ0) is 21.3. The number of fused-ring (bicyclic) bond motifs is 1. The molecule has 1 aromatic heterocycles. The minimum Gasteiger partial charge on any atom is -0.507 e. The van der Waals surface area contributed by atoms with Crippen molar-refractivity contribution in [1.29, 1.82) is 0 Å². The van der Waals surface area contributed by atoms with E-state index in [0.29, 0.717) is 22.8 Å². The smallest absolute Gasteiger partial charge is 0.239 e. The van der Waals surface area contributed by atoms with Crippen LogP contribution in [0.2, 0.25) is 0 Å². The van der Waals surface area contributed by atoms with Crippen LogP contribution in [0.25, 0.3) is 22.3 Å². The summed E-state index contributed by atoms with van der Waals surface area (Å²) in [5.74, 6) is -0.0828. The Bertz CT molecular complexity index is 1110. The zero-order valence-electron chi connectivity index (χ0n) is 16.5. The molecule has 0 spiro atoms. The summed E-state index contributed by atoms with van der Waals surface area (Å²) in [5, 5.41) is 20.1. The van der Waals surface area contributed by atoms with Crippen LogP contribution < -0.4 is 29.1 Å². The second-order valence-electron chi connectivity index (χ2n) is 5.86. The Kier molecular flexibility index (Phi) is 5.31. The minimum absolute atomic E-state index is 0.0209. The monoisotopic (exact) mass is 404 g/mol. The lowest BCUT2D eigenvalue weighted by Gasteiger charge is -2.16. The molecule has 9 heteroatoms. The fraction of sp³-hybridized carbons (Fsp3) is 0.250. The Morgan fingerprint density at radius 1 is 0.724 bits per heavy atom. The summed E-state index contributed by atoms with van der Waals surface area (Å²) in [5.41, 5.74) is -0.409. The maximum atomic E-state index is 13.0. The van der Waals surface area contributed by atoms with E-state index < -0.39 is 11.2 Å². The van der Waals surface area contributed by atoms with Crippen molar-refractivity contribution in [3.05, 3.63) is 28.4 Å². The molecule has 1 heterocycles. The summed E-state index contributed by atoms with van der Waals surface area (Å²) in [4.78, 5) is 13.0. The zero-order valence-corrected chi connectivity index (χ0v) is 16.5. The third-order valence-electron chi connectivity index (χ3n) is 4.37. The number of aromatic hydroxyl groups is 2. The number of methoxy groups -OCH3 is 5. The second kappa shape index (κ2) is 7.70. The van der Waals surface area contributed by atoms with Crippen molar-refractivity contribution in [2.45, 2.75) is 0 Å². The van der Waals surface area contributed by atoms with Gasteiger partial charge in [-0.25, -0.2) is 0 Å². The Morgan fingerprint density at radius 2 is 1.28 bits per heavy atom. The van der Waals surface area contributed by atoms with Crippen LogP contribution in [0.5, 0.6) is 40.2 Å². The average molecular weight is 404 g/mol. The highest BCUT2D eigenvalue weighted by Crippen LogP contribution is 2.46. The van der Waals surface area contributed by atoms with Gasteiger partial charge in [0.25, 0.3) is 0 Å². The van der Waals surface area contributed by atoms with Crippen molar-refractivity contribution in [3.63, 3.8) is 0 Å². The van der Waals surface area contributed by atoms with Crippen molar-refractivity contribution in [1.82, 2.24) is 0 Å². The molecule has 3 aromatic rings. The number of benzene rings is 2. The highest BCUT2D eigenvalue weighted by atomic mass is 16.5. The first-order valence-corrected chi connectivity index (χ1v) is 8.35. The first-order chi connectivity index (χ1) is 13.9. The van der Waals surface area contributed by atoms with Gasteiger partial charge in [0.15, 0.2) is 28.6 Å². The molecule has 0 amide bonds. The summed E-state index contributed by atoms with van der Waals surface area (Å²) in [7, 11) is 6.97.